The average Bonchev–Trinajstić information content (AvgIpc) is 2.77. The zero-order chi connectivity index (χ0) is 12.1. The molecular weight excluding hydrogens is 260 g/mol. The van der Waals surface area contributed by atoms with Gasteiger partial charge in [-0.3, -0.25) is 0 Å². The van der Waals surface area contributed by atoms with E-state index in [2.05, 4.69) is 4.57 Å². The Labute approximate surface area is 116 Å². The predicted octanol–water partition coefficient (Wildman–Crippen LogP) is 4.04. The van der Waals surface area contributed by atoms with Crippen molar-refractivity contribution in [2.24, 2.45) is 0 Å². The summed E-state index contributed by atoms with van der Waals surface area (Å²) in [6.07, 6.45) is 8.70. The van der Waals surface area contributed by atoms with E-state index >= 15 is 0 Å². The second kappa shape index (κ2) is 4.14. The minimum atomic E-state index is 1.06. The Morgan fingerprint density at radius 3 is 2.83 bits per heavy atom. The quantitative estimate of drug-likeness (QED) is 0.676. The molecule has 18 heavy (non-hydrogen) atoms. The summed E-state index contributed by atoms with van der Waals surface area (Å²) >= 11 is 7.64. The summed E-state index contributed by atoms with van der Waals surface area (Å²) in [6, 6.07) is 0. The van der Waals surface area contributed by atoms with Gasteiger partial charge in [-0.15, -0.1) is 11.3 Å². The largest absolute Gasteiger partial charge is 0.320 e. The van der Waals surface area contributed by atoms with E-state index in [0.717, 1.165) is 17.6 Å². The minimum Gasteiger partial charge on any atom is -0.320 e. The number of hydrogen-bond donors (Lipinski definition) is 0. The maximum absolute atomic E-state index is 5.75. The van der Waals surface area contributed by atoms with E-state index in [1.807, 2.05) is 11.3 Å². The molecule has 0 bridgehead atoms. The Morgan fingerprint density at radius 1 is 1.06 bits per heavy atom. The van der Waals surface area contributed by atoms with Crippen LogP contribution in [0.3, 0.4) is 0 Å². The number of aryl methyl sites for hydroxylation is 3. The second-order valence-electron chi connectivity index (χ2n) is 5.33. The third kappa shape index (κ3) is 1.51. The van der Waals surface area contributed by atoms with E-state index in [4.69, 9.17) is 17.2 Å². The highest BCUT2D eigenvalue weighted by molar-refractivity contribution is 7.71. The fraction of sp³-hybridized carbons (Fsp3) is 0.571. The molecule has 1 aliphatic heterocycles. The molecule has 2 aromatic heterocycles. The molecule has 0 saturated carbocycles. The van der Waals surface area contributed by atoms with Gasteiger partial charge >= 0.3 is 0 Å². The molecule has 0 aromatic carbocycles. The molecule has 1 aliphatic carbocycles. The predicted molar refractivity (Wildman–Crippen MR) is 78.0 cm³/mol. The summed E-state index contributed by atoms with van der Waals surface area (Å²) in [4.78, 5) is 7.66. The van der Waals surface area contributed by atoms with Gasteiger partial charge in [-0.05, 0) is 44.1 Å². The van der Waals surface area contributed by atoms with Crippen LogP contribution in [0.1, 0.15) is 41.9 Å². The molecule has 3 heterocycles. The van der Waals surface area contributed by atoms with Crippen molar-refractivity contribution in [1.82, 2.24) is 9.55 Å². The van der Waals surface area contributed by atoms with E-state index in [9.17, 15) is 0 Å². The lowest BCUT2D eigenvalue weighted by atomic mass is 9.97. The SMILES string of the molecule is S=c1c2c3c(sc2nc2n1CCCC2)CCCC3. The van der Waals surface area contributed by atoms with Gasteiger partial charge in [0.15, 0.2) is 0 Å². The standard InChI is InChI=1S/C14H16N2S2/c17-14-12-9-5-1-2-6-10(9)18-13(12)15-11-7-3-4-8-16(11)14/h1-8H2. The summed E-state index contributed by atoms with van der Waals surface area (Å²) in [5.41, 5.74) is 1.53. The van der Waals surface area contributed by atoms with E-state index in [-0.39, 0.29) is 0 Å². The summed E-state index contributed by atoms with van der Waals surface area (Å²) in [6.45, 7) is 1.07. The van der Waals surface area contributed by atoms with Crippen molar-refractivity contribution >= 4 is 33.8 Å². The van der Waals surface area contributed by atoms with Gasteiger partial charge in [0.1, 0.15) is 15.3 Å². The van der Waals surface area contributed by atoms with Crippen molar-refractivity contribution in [3.8, 4) is 0 Å². The zero-order valence-electron chi connectivity index (χ0n) is 10.4. The highest BCUT2D eigenvalue weighted by Crippen LogP contribution is 2.36. The second-order valence-corrected chi connectivity index (χ2v) is 6.80. The fourth-order valence-corrected chi connectivity index (χ4v) is 5.02. The van der Waals surface area contributed by atoms with Gasteiger partial charge < -0.3 is 4.57 Å². The van der Waals surface area contributed by atoms with Gasteiger partial charge in [-0.2, -0.15) is 0 Å². The smallest absolute Gasteiger partial charge is 0.128 e. The van der Waals surface area contributed by atoms with Crippen LogP contribution in [0.15, 0.2) is 0 Å². The summed E-state index contributed by atoms with van der Waals surface area (Å²) in [7, 11) is 0. The first-order valence-corrected chi connectivity index (χ1v) is 8.11. The van der Waals surface area contributed by atoms with Crippen molar-refractivity contribution in [2.45, 2.75) is 51.5 Å². The van der Waals surface area contributed by atoms with Crippen LogP contribution in [0, 0.1) is 4.64 Å². The average molecular weight is 276 g/mol. The summed E-state index contributed by atoms with van der Waals surface area (Å²) in [5, 5.41) is 1.32. The maximum Gasteiger partial charge on any atom is 0.128 e. The van der Waals surface area contributed by atoms with Crippen molar-refractivity contribution in [3.63, 3.8) is 0 Å². The molecule has 0 amide bonds. The number of fused-ring (bicyclic) bond motifs is 4. The molecule has 94 valence electrons. The van der Waals surface area contributed by atoms with Gasteiger partial charge in [0.05, 0.1) is 0 Å². The van der Waals surface area contributed by atoms with Gasteiger partial charge in [-0.1, -0.05) is 12.2 Å². The van der Waals surface area contributed by atoms with E-state index in [0.29, 0.717) is 0 Å². The molecule has 2 aromatic rings. The zero-order valence-corrected chi connectivity index (χ0v) is 12.0. The Bertz CT molecular complexity index is 681. The molecular formula is C14H16N2S2. The topological polar surface area (TPSA) is 17.8 Å². The Morgan fingerprint density at radius 2 is 1.89 bits per heavy atom. The van der Waals surface area contributed by atoms with Crippen molar-refractivity contribution in [1.29, 1.82) is 0 Å². The van der Waals surface area contributed by atoms with Crippen LogP contribution in [0.25, 0.3) is 10.2 Å². The van der Waals surface area contributed by atoms with Crippen LogP contribution >= 0.6 is 23.6 Å². The maximum atomic E-state index is 5.75. The van der Waals surface area contributed by atoms with Gasteiger partial charge in [-0.25, -0.2) is 4.98 Å². The van der Waals surface area contributed by atoms with Gasteiger partial charge in [0.2, 0.25) is 0 Å². The van der Waals surface area contributed by atoms with Crippen LogP contribution in [0.4, 0.5) is 0 Å². The number of hydrogen-bond acceptors (Lipinski definition) is 3. The molecule has 0 saturated heterocycles. The molecule has 0 fully saturated rings. The van der Waals surface area contributed by atoms with Crippen LogP contribution in [0.2, 0.25) is 0 Å². The third-order valence-electron chi connectivity index (χ3n) is 4.19. The minimum absolute atomic E-state index is 1.06. The van der Waals surface area contributed by atoms with Crippen molar-refractivity contribution in [2.75, 3.05) is 0 Å². The van der Waals surface area contributed by atoms with Crippen molar-refractivity contribution in [3.05, 3.63) is 20.9 Å². The first kappa shape index (κ1) is 11.1. The normalized spacial score (nSPS) is 18.7. The first-order chi connectivity index (χ1) is 8.84. The van der Waals surface area contributed by atoms with E-state index in [1.54, 1.807) is 4.88 Å². The third-order valence-corrected chi connectivity index (χ3v) is 5.80. The summed E-state index contributed by atoms with van der Waals surface area (Å²) < 4.78 is 3.36. The molecule has 0 spiro atoms. The molecule has 2 aliphatic rings. The number of thiophene rings is 1. The molecule has 0 unspecified atom stereocenters. The highest BCUT2D eigenvalue weighted by atomic mass is 32.1. The van der Waals surface area contributed by atoms with Gasteiger partial charge in [0, 0.05) is 23.2 Å². The van der Waals surface area contributed by atoms with Crippen LogP contribution in [0.5, 0.6) is 0 Å². The van der Waals surface area contributed by atoms with E-state index in [1.165, 1.54) is 60.1 Å². The van der Waals surface area contributed by atoms with Crippen LogP contribution in [-0.4, -0.2) is 9.55 Å². The Kier molecular flexibility index (Phi) is 2.55. The first-order valence-electron chi connectivity index (χ1n) is 6.88. The fourth-order valence-electron chi connectivity index (χ4n) is 3.26. The lowest BCUT2D eigenvalue weighted by molar-refractivity contribution is 0.508. The number of rotatable bonds is 0. The highest BCUT2D eigenvalue weighted by Gasteiger charge is 2.21. The Hall–Kier alpha value is -0.740. The Balaban J connectivity index is 2.07. The van der Waals surface area contributed by atoms with Crippen LogP contribution < -0.4 is 0 Å². The van der Waals surface area contributed by atoms with Gasteiger partial charge in [0.25, 0.3) is 0 Å². The molecule has 0 N–H and O–H groups in total. The molecule has 0 atom stereocenters. The molecule has 2 nitrogen and oxygen atoms in total. The van der Waals surface area contributed by atoms with Crippen LogP contribution in [-0.2, 0) is 25.8 Å². The molecule has 4 rings (SSSR count). The number of aromatic nitrogens is 2. The monoisotopic (exact) mass is 276 g/mol. The summed E-state index contributed by atoms with van der Waals surface area (Å²) in [5.74, 6) is 1.22. The lowest BCUT2D eigenvalue weighted by Gasteiger charge is -2.18. The molecule has 4 heteroatoms. The van der Waals surface area contributed by atoms with Crippen molar-refractivity contribution < 1.29 is 0 Å². The lowest BCUT2D eigenvalue weighted by Crippen LogP contribution is -2.15. The molecule has 0 radical (unpaired) electrons. The van der Waals surface area contributed by atoms with E-state index < -0.39 is 0 Å². The number of nitrogens with zero attached hydrogens (tertiary/aromatic N) is 2.